The number of nitrogens with zero attached hydrogens (tertiary/aromatic N) is 3. The van der Waals surface area contributed by atoms with Crippen LogP contribution in [0.3, 0.4) is 0 Å². The van der Waals surface area contributed by atoms with Crippen molar-refractivity contribution in [3.63, 3.8) is 0 Å². The van der Waals surface area contributed by atoms with Crippen LogP contribution in [0.2, 0.25) is 0 Å². The van der Waals surface area contributed by atoms with E-state index in [1.807, 2.05) is 13.1 Å². The zero-order chi connectivity index (χ0) is 11.5. The maximum absolute atomic E-state index is 11.8. The van der Waals surface area contributed by atoms with Crippen molar-refractivity contribution in [3.05, 3.63) is 29.7 Å². The number of ketones is 1. The molecule has 2 aromatic rings. The Morgan fingerprint density at radius 3 is 3.00 bits per heavy atom. The van der Waals surface area contributed by atoms with E-state index in [0.717, 1.165) is 5.69 Å². The molecule has 3 N–H and O–H groups in total. The molecule has 0 atom stereocenters. The third kappa shape index (κ3) is 1.95. The van der Waals surface area contributed by atoms with Gasteiger partial charge in [0.25, 0.3) is 0 Å². The second-order valence-corrected chi connectivity index (χ2v) is 3.57. The molecule has 0 unspecified atom stereocenters. The lowest BCUT2D eigenvalue weighted by Crippen LogP contribution is -2.05. The molecule has 0 aliphatic rings. The number of H-pyrrole nitrogens is 1. The van der Waals surface area contributed by atoms with E-state index < -0.39 is 0 Å². The third-order valence-electron chi connectivity index (χ3n) is 2.50. The number of carbonyl (C=O) groups excluding carboxylic acids is 1. The molecule has 0 spiro atoms. The minimum atomic E-state index is -0.00699. The topological polar surface area (TPSA) is 89.6 Å². The fourth-order valence-electron chi connectivity index (χ4n) is 1.54. The van der Waals surface area contributed by atoms with Gasteiger partial charge in [-0.1, -0.05) is 0 Å². The van der Waals surface area contributed by atoms with Crippen molar-refractivity contribution in [1.82, 2.24) is 20.0 Å². The monoisotopic (exact) mass is 219 g/mol. The van der Waals surface area contributed by atoms with E-state index in [1.165, 1.54) is 6.20 Å². The SMILES string of the molecule is Cn1nccc1CCC(=O)c1cn[nH]c1N. The Hall–Kier alpha value is -2.11. The summed E-state index contributed by atoms with van der Waals surface area (Å²) in [5.74, 6) is 0.322. The molecule has 0 amide bonds. The number of aromatic nitrogens is 4. The Morgan fingerprint density at radius 2 is 2.44 bits per heavy atom. The molecule has 2 aromatic heterocycles. The van der Waals surface area contributed by atoms with Crippen LogP contribution < -0.4 is 5.73 Å². The van der Waals surface area contributed by atoms with Crippen LogP contribution in [0, 0.1) is 0 Å². The van der Waals surface area contributed by atoms with Gasteiger partial charge in [0.15, 0.2) is 5.78 Å². The Bertz CT molecular complexity index is 499. The van der Waals surface area contributed by atoms with Crippen LogP contribution in [0.25, 0.3) is 0 Å². The summed E-state index contributed by atoms with van der Waals surface area (Å²) in [6, 6.07) is 1.89. The normalized spacial score (nSPS) is 10.6. The van der Waals surface area contributed by atoms with Gasteiger partial charge in [-0.05, 0) is 12.5 Å². The molecule has 2 rings (SSSR count). The molecule has 16 heavy (non-hydrogen) atoms. The Morgan fingerprint density at radius 1 is 1.62 bits per heavy atom. The van der Waals surface area contributed by atoms with Crippen LogP contribution in [0.4, 0.5) is 5.82 Å². The first-order chi connectivity index (χ1) is 7.68. The average molecular weight is 219 g/mol. The molecule has 6 heteroatoms. The van der Waals surface area contributed by atoms with Crippen LogP contribution in [0.15, 0.2) is 18.5 Å². The van der Waals surface area contributed by atoms with Gasteiger partial charge in [-0.25, -0.2) is 0 Å². The Kier molecular flexibility index (Phi) is 2.72. The smallest absolute Gasteiger partial charge is 0.168 e. The lowest BCUT2D eigenvalue weighted by molar-refractivity contribution is 0.0983. The first-order valence-electron chi connectivity index (χ1n) is 4.97. The van der Waals surface area contributed by atoms with Crippen LogP contribution >= 0.6 is 0 Å². The van der Waals surface area contributed by atoms with Crippen molar-refractivity contribution < 1.29 is 4.79 Å². The Balaban J connectivity index is 1.99. The number of aryl methyl sites for hydroxylation is 2. The molecular formula is C10H13N5O. The zero-order valence-electron chi connectivity index (χ0n) is 8.97. The van der Waals surface area contributed by atoms with Crippen molar-refractivity contribution >= 4 is 11.6 Å². The summed E-state index contributed by atoms with van der Waals surface area (Å²) < 4.78 is 1.76. The molecule has 2 heterocycles. The van der Waals surface area contributed by atoms with E-state index >= 15 is 0 Å². The molecule has 0 bridgehead atoms. The van der Waals surface area contributed by atoms with Crippen molar-refractivity contribution in [1.29, 1.82) is 0 Å². The summed E-state index contributed by atoms with van der Waals surface area (Å²) in [4.78, 5) is 11.8. The Labute approximate surface area is 92.5 Å². The van der Waals surface area contributed by atoms with Gasteiger partial charge in [0.2, 0.25) is 0 Å². The zero-order valence-corrected chi connectivity index (χ0v) is 8.97. The van der Waals surface area contributed by atoms with E-state index in [2.05, 4.69) is 15.3 Å². The number of rotatable bonds is 4. The second-order valence-electron chi connectivity index (χ2n) is 3.57. The van der Waals surface area contributed by atoms with Gasteiger partial charge in [0.05, 0.1) is 11.8 Å². The summed E-state index contributed by atoms with van der Waals surface area (Å²) in [6.45, 7) is 0. The van der Waals surface area contributed by atoms with Crippen molar-refractivity contribution in [2.45, 2.75) is 12.8 Å². The lowest BCUT2D eigenvalue weighted by atomic mass is 10.1. The van der Waals surface area contributed by atoms with Gasteiger partial charge in [0, 0.05) is 25.4 Å². The number of Topliss-reactive ketones (excluding diaryl/α,β-unsaturated/α-hetero) is 1. The van der Waals surface area contributed by atoms with E-state index in [9.17, 15) is 4.79 Å². The van der Waals surface area contributed by atoms with Crippen LogP contribution in [0.5, 0.6) is 0 Å². The molecule has 84 valence electrons. The van der Waals surface area contributed by atoms with Gasteiger partial charge in [-0.15, -0.1) is 0 Å². The second kappa shape index (κ2) is 4.18. The number of carbonyl (C=O) groups is 1. The predicted molar refractivity (Wildman–Crippen MR) is 58.9 cm³/mol. The molecule has 0 fully saturated rings. The number of nitrogens with two attached hydrogens (primary N) is 1. The fourth-order valence-corrected chi connectivity index (χ4v) is 1.54. The third-order valence-corrected chi connectivity index (χ3v) is 2.50. The maximum atomic E-state index is 11.8. The molecule has 0 aromatic carbocycles. The maximum Gasteiger partial charge on any atom is 0.168 e. The molecule has 0 aliphatic carbocycles. The predicted octanol–water partition coefficient (Wildman–Crippen LogP) is 0.541. The first-order valence-corrected chi connectivity index (χ1v) is 4.97. The summed E-state index contributed by atoms with van der Waals surface area (Å²) >= 11 is 0. The molecule has 0 saturated carbocycles. The first kappa shape index (κ1) is 10.4. The van der Waals surface area contributed by atoms with Gasteiger partial charge >= 0.3 is 0 Å². The van der Waals surface area contributed by atoms with E-state index in [4.69, 9.17) is 5.73 Å². The van der Waals surface area contributed by atoms with Gasteiger partial charge < -0.3 is 5.73 Å². The lowest BCUT2D eigenvalue weighted by Gasteiger charge is -2.01. The van der Waals surface area contributed by atoms with Gasteiger partial charge in [-0.2, -0.15) is 10.2 Å². The van der Waals surface area contributed by atoms with Crippen molar-refractivity contribution in [3.8, 4) is 0 Å². The van der Waals surface area contributed by atoms with Crippen LogP contribution in [0.1, 0.15) is 22.5 Å². The molecular weight excluding hydrogens is 206 g/mol. The van der Waals surface area contributed by atoms with Gasteiger partial charge in [-0.3, -0.25) is 14.6 Å². The van der Waals surface area contributed by atoms with Crippen molar-refractivity contribution in [2.75, 3.05) is 5.73 Å². The molecule has 6 nitrogen and oxygen atoms in total. The number of nitrogens with one attached hydrogen (secondary N) is 1. The summed E-state index contributed by atoms with van der Waals surface area (Å²) in [6.07, 6.45) is 4.23. The number of aromatic amines is 1. The standard InChI is InChI=1S/C10H13N5O/c1-15-7(4-5-13-15)2-3-9(16)8-6-12-14-10(8)11/h4-6H,2-3H2,1H3,(H3,11,12,14). The largest absolute Gasteiger partial charge is 0.383 e. The minimum absolute atomic E-state index is 0.00699. The quantitative estimate of drug-likeness (QED) is 0.734. The molecule has 0 aliphatic heterocycles. The highest BCUT2D eigenvalue weighted by molar-refractivity contribution is 5.99. The number of nitrogen functional groups attached to an aromatic ring is 1. The van der Waals surface area contributed by atoms with Crippen LogP contribution in [-0.4, -0.2) is 25.8 Å². The number of hydrogen-bond donors (Lipinski definition) is 2. The summed E-state index contributed by atoms with van der Waals surface area (Å²) in [5, 5.41) is 10.3. The van der Waals surface area contributed by atoms with Crippen molar-refractivity contribution in [2.24, 2.45) is 7.05 Å². The van der Waals surface area contributed by atoms with E-state index in [0.29, 0.717) is 24.2 Å². The average Bonchev–Trinajstić information content (AvgIpc) is 2.84. The van der Waals surface area contributed by atoms with Gasteiger partial charge in [0.1, 0.15) is 5.82 Å². The molecule has 0 saturated heterocycles. The summed E-state index contributed by atoms with van der Waals surface area (Å²) in [7, 11) is 1.85. The minimum Gasteiger partial charge on any atom is -0.383 e. The van der Waals surface area contributed by atoms with Crippen LogP contribution in [-0.2, 0) is 13.5 Å². The highest BCUT2D eigenvalue weighted by Gasteiger charge is 2.12. The number of hydrogen-bond acceptors (Lipinski definition) is 4. The highest BCUT2D eigenvalue weighted by atomic mass is 16.1. The molecule has 0 radical (unpaired) electrons. The fraction of sp³-hybridized carbons (Fsp3) is 0.300. The summed E-state index contributed by atoms with van der Waals surface area (Å²) in [5.41, 5.74) is 7.05. The highest BCUT2D eigenvalue weighted by Crippen LogP contribution is 2.11. The van der Waals surface area contributed by atoms with E-state index in [1.54, 1.807) is 10.9 Å². The van der Waals surface area contributed by atoms with E-state index in [-0.39, 0.29) is 5.78 Å². The number of anilines is 1.